The van der Waals surface area contributed by atoms with Crippen molar-refractivity contribution >= 4 is 17.3 Å². The molecule has 3 nitrogen and oxygen atoms in total. The zero-order valence-electron chi connectivity index (χ0n) is 9.79. The van der Waals surface area contributed by atoms with E-state index in [0.29, 0.717) is 10.6 Å². The van der Waals surface area contributed by atoms with Gasteiger partial charge in [0, 0.05) is 18.8 Å². The summed E-state index contributed by atoms with van der Waals surface area (Å²) < 4.78 is 5.69. The molecule has 1 unspecified atom stereocenters. The SMILES string of the molecule is CC1(CNc2ccc(C#N)c(Cl)c2)CCCO1. The normalized spacial score (nSPS) is 23.4. The molecule has 1 aliphatic rings. The van der Waals surface area contributed by atoms with Gasteiger partial charge in [0.1, 0.15) is 6.07 Å². The van der Waals surface area contributed by atoms with Gasteiger partial charge in [0.2, 0.25) is 0 Å². The van der Waals surface area contributed by atoms with Crippen molar-refractivity contribution in [3.63, 3.8) is 0 Å². The molecule has 1 atom stereocenters. The van der Waals surface area contributed by atoms with E-state index in [1.165, 1.54) is 0 Å². The van der Waals surface area contributed by atoms with Crippen LogP contribution in [0.5, 0.6) is 0 Å². The second kappa shape index (κ2) is 4.95. The third kappa shape index (κ3) is 2.91. The highest BCUT2D eigenvalue weighted by Gasteiger charge is 2.29. The van der Waals surface area contributed by atoms with Gasteiger partial charge in [0.15, 0.2) is 0 Å². The van der Waals surface area contributed by atoms with Crippen molar-refractivity contribution in [2.75, 3.05) is 18.5 Å². The van der Waals surface area contributed by atoms with E-state index >= 15 is 0 Å². The lowest BCUT2D eigenvalue weighted by Gasteiger charge is -2.24. The molecule has 90 valence electrons. The molecular weight excluding hydrogens is 236 g/mol. The fourth-order valence-corrected chi connectivity index (χ4v) is 2.20. The van der Waals surface area contributed by atoms with Crippen LogP contribution in [-0.2, 0) is 4.74 Å². The maximum atomic E-state index is 8.78. The molecule has 1 aromatic rings. The average molecular weight is 251 g/mol. The van der Waals surface area contributed by atoms with Crippen molar-refractivity contribution in [2.45, 2.75) is 25.4 Å². The minimum Gasteiger partial charge on any atom is -0.382 e. The number of rotatable bonds is 3. The van der Waals surface area contributed by atoms with Gasteiger partial charge in [-0.1, -0.05) is 11.6 Å². The number of hydrogen-bond donors (Lipinski definition) is 1. The van der Waals surface area contributed by atoms with Gasteiger partial charge >= 0.3 is 0 Å². The predicted molar refractivity (Wildman–Crippen MR) is 68.2 cm³/mol. The Labute approximate surface area is 106 Å². The monoisotopic (exact) mass is 250 g/mol. The van der Waals surface area contributed by atoms with Crippen LogP contribution >= 0.6 is 11.6 Å². The van der Waals surface area contributed by atoms with E-state index in [0.717, 1.165) is 31.7 Å². The average Bonchev–Trinajstić information content (AvgIpc) is 2.74. The van der Waals surface area contributed by atoms with Crippen LogP contribution in [0.1, 0.15) is 25.3 Å². The highest BCUT2D eigenvalue weighted by atomic mass is 35.5. The van der Waals surface area contributed by atoms with Crippen LogP contribution in [0.15, 0.2) is 18.2 Å². The number of nitrogens with zero attached hydrogens (tertiary/aromatic N) is 1. The summed E-state index contributed by atoms with van der Waals surface area (Å²) in [6.07, 6.45) is 2.19. The van der Waals surface area contributed by atoms with Crippen molar-refractivity contribution in [1.82, 2.24) is 0 Å². The zero-order valence-corrected chi connectivity index (χ0v) is 10.5. The minimum absolute atomic E-state index is 0.0830. The zero-order chi connectivity index (χ0) is 12.3. The highest BCUT2D eigenvalue weighted by molar-refractivity contribution is 6.32. The molecule has 1 fully saturated rings. The van der Waals surface area contributed by atoms with Crippen LogP contribution in [0, 0.1) is 11.3 Å². The van der Waals surface area contributed by atoms with E-state index < -0.39 is 0 Å². The topological polar surface area (TPSA) is 45.0 Å². The van der Waals surface area contributed by atoms with E-state index in [9.17, 15) is 0 Å². The Hall–Kier alpha value is -1.24. The van der Waals surface area contributed by atoms with E-state index in [-0.39, 0.29) is 5.60 Å². The first-order valence-corrected chi connectivity index (χ1v) is 6.08. The first-order valence-electron chi connectivity index (χ1n) is 5.70. The number of hydrogen-bond acceptors (Lipinski definition) is 3. The summed E-state index contributed by atoms with van der Waals surface area (Å²) in [5, 5.41) is 12.6. The molecule has 0 aromatic heterocycles. The molecular formula is C13H15ClN2O. The summed E-state index contributed by atoms with van der Waals surface area (Å²) in [7, 11) is 0. The number of anilines is 1. The Bertz CT molecular complexity index is 447. The number of nitriles is 1. The molecule has 0 aliphatic carbocycles. The number of ether oxygens (including phenoxy) is 1. The third-order valence-corrected chi connectivity index (χ3v) is 3.37. The Morgan fingerprint density at radius 1 is 1.59 bits per heavy atom. The Morgan fingerprint density at radius 3 is 3.00 bits per heavy atom. The fraction of sp³-hybridized carbons (Fsp3) is 0.462. The van der Waals surface area contributed by atoms with Crippen LogP contribution in [0.3, 0.4) is 0 Å². The number of nitrogens with one attached hydrogen (secondary N) is 1. The van der Waals surface area contributed by atoms with Gasteiger partial charge in [0.25, 0.3) is 0 Å². The quantitative estimate of drug-likeness (QED) is 0.896. The van der Waals surface area contributed by atoms with Crippen LogP contribution in [-0.4, -0.2) is 18.8 Å². The summed E-state index contributed by atoms with van der Waals surface area (Å²) >= 11 is 5.97. The lowest BCUT2D eigenvalue weighted by atomic mass is 10.0. The predicted octanol–water partition coefficient (Wildman–Crippen LogP) is 3.19. The first-order chi connectivity index (χ1) is 8.13. The summed E-state index contributed by atoms with van der Waals surface area (Å²) in [5.74, 6) is 0. The molecule has 1 aliphatic heterocycles. The fourth-order valence-electron chi connectivity index (χ4n) is 1.98. The van der Waals surface area contributed by atoms with E-state index in [4.69, 9.17) is 21.6 Å². The van der Waals surface area contributed by atoms with Gasteiger partial charge < -0.3 is 10.1 Å². The second-order valence-corrected chi connectivity index (χ2v) is 4.97. The summed E-state index contributed by atoms with van der Waals surface area (Å²) in [6.45, 7) is 3.71. The molecule has 0 bridgehead atoms. The molecule has 1 N–H and O–H groups in total. The first kappa shape index (κ1) is 12.2. The van der Waals surface area contributed by atoms with Gasteiger partial charge in [-0.25, -0.2) is 0 Å². The molecule has 1 saturated heterocycles. The van der Waals surface area contributed by atoms with Crippen LogP contribution in [0.4, 0.5) is 5.69 Å². The summed E-state index contributed by atoms with van der Waals surface area (Å²) in [6, 6.07) is 7.41. The minimum atomic E-state index is -0.0830. The van der Waals surface area contributed by atoms with Crippen LogP contribution in [0.25, 0.3) is 0 Å². The lowest BCUT2D eigenvalue weighted by molar-refractivity contribution is 0.0315. The number of benzene rings is 1. The van der Waals surface area contributed by atoms with Crippen molar-refractivity contribution in [3.8, 4) is 6.07 Å². The van der Waals surface area contributed by atoms with Gasteiger partial charge in [-0.3, -0.25) is 0 Å². The van der Waals surface area contributed by atoms with E-state index in [1.54, 1.807) is 12.1 Å². The van der Waals surface area contributed by atoms with E-state index in [2.05, 4.69) is 12.2 Å². The molecule has 0 saturated carbocycles. The summed E-state index contributed by atoms with van der Waals surface area (Å²) in [4.78, 5) is 0. The van der Waals surface area contributed by atoms with Crippen LogP contribution in [0.2, 0.25) is 5.02 Å². The largest absolute Gasteiger partial charge is 0.382 e. The molecule has 1 heterocycles. The molecule has 2 rings (SSSR count). The van der Waals surface area contributed by atoms with Gasteiger partial charge in [-0.15, -0.1) is 0 Å². The maximum Gasteiger partial charge on any atom is 0.101 e. The third-order valence-electron chi connectivity index (χ3n) is 3.06. The van der Waals surface area contributed by atoms with Gasteiger partial charge in [-0.2, -0.15) is 5.26 Å². The Kier molecular flexibility index (Phi) is 3.56. The van der Waals surface area contributed by atoms with Gasteiger partial charge in [0.05, 0.1) is 16.2 Å². The van der Waals surface area contributed by atoms with Crippen molar-refractivity contribution < 1.29 is 4.74 Å². The standard InChI is InChI=1S/C13H15ClN2O/c1-13(5-2-6-17-13)9-16-11-4-3-10(8-15)12(14)7-11/h3-4,7,16H,2,5-6,9H2,1H3. The van der Waals surface area contributed by atoms with Crippen LogP contribution < -0.4 is 5.32 Å². The maximum absolute atomic E-state index is 8.78. The van der Waals surface area contributed by atoms with Crippen molar-refractivity contribution in [2.24, 2.45) is 0 Å². The molecule has 17 heavy (non-hydrogen) atoms. The molecule has 0 amide bonds. The number of halogens is 1. The smallest absolute Gasteiger partial charge is 0.101 e. The van der Waals surface area contributed by atoms with Crippen molar-refractivity contribution in [1.29, 1.82) is 5.26 Å². The molecule has 4 heteroatoms. The lowest BCUT2D eigenvalue weighted by Crippen LogP contribution is -2.32. The van der Waals surface area contributed by atoms with Crippen molar-refractivity contribution in [3.05, 3.63) is 28.8 Å². The van der Waals surface area contributed by atoms with E-state index in [1.807, 2.05) is 12.1 Å². The second-order valence-electron chi connectivity index (χ2n) is 4.56. The Morgan fingerprint density at radius 2 is 2.41 bits per heavy atom. The summed E-state index contributed by atoms with van der Waals surface area (Å²) in [5.41, 5.74) is 1.34. The Balaban J connectivity index is 2.00. The van der Waals surface area contributed by atoms with Gasteiger partial charge in [-0.05, 0) is 38.0 Å². The molecule has 1 aromatic carbocycles. The highest BCUT2D eigenvalue weighted by Crippen LogP contribution is 2.26. The molecule has 0 radical (unpaired) electrons. The molecule has 0 spiro atoms.